The molecule has 0 saturated carbocycles. The Hall–Kier alpha value is -2.30. The van der Waals surface area contributed by atoms with Gasteiger partial charge in [-0.15, -0.1) is 0 Å². The number of aromatic hydroxyl groups is 1. The summed E-state index contributed by atoms with van der Waals surface area (Å²) in [4.78, 5) is 17.5. The van der Waals surface area contributed by atoms with Crippen LogP contribution in [0.25, 0.3) is 0 Å². The predicted molar refractivity (Wildman–Crippen MR) is 65.6 cm³/mol. The maximum atomic E-state index is 11.2. The fourth-order valence-electron chi connectivity index (χ4n) is 1.58. The average molecular weight is 231 g/mol. The summed E-state index contributed by atoms with van der Waals surface area (Å²) < 4.78 is 0. The molecule has 0 radical (unpaired) electrons. The maximum Gasteiger partial charge on any atom is 0.256 e. The Labute approximate surface area is 98.2 Å². The summed E-state index contributed by atoms with van der Waals surface area (Å²) in [6.07, 6.45) is 0.867. The normalized spacial score (nSPS) is 10.2. The topological polar surface area (TPSA) is 78.0 Å². The van der Waals surface area contributed by atoms with Crippen molar-refractivity contribution in [1.82, 2.24) is 9.97 Å². The van der Waals surface area contributed by atoms with E-state index in [9.17, 15) is 9.90 Å². The third-order valence-electron chi connectivity index (χ3n) is 2.38. The summed E-state index contributed by atoms with van der Waals surface area (Å²) in [5.74, 6) is -0.0684. The van der Waals surface area contributed by atoms with E-state index < -0.39 is 5.56 Å². The highest BCUT2D eigenvalue weighted by atomic mass is 16.3. The van der Waals surface area contributed by atoms with Gasteiger partial charge in [0, 0.05) is 5.69 Å². The minimum atomic E-state index is -0.394. The Morgan fingerprint density at radius 3 is 2.88 bits per heavy atom. The summed E-state index contributed by atoms with van der Waals surface area (Å²) >= 11 is 0. The molecule has 1 aromatic heterocycles. The second-order valence-electron chi connectivity index (χ2n) is 3.59. The SMILES string of the molecule is CCc1ccccc1Nc1nc(O)cc(=O)[nH]1. The van der Waals surface area contributed by atoms with Crippen molar-refractivity contribution in [3.63, 3.8) is 0 Å². The third kappa shape index (κ3) is 2.63. The van der Waals surface area contributed by atoms with Crippen molar-refractivity contribution in [2.75, 3.05) is 5.32 Å². The van der Waals surface area contributed by atoms with Crippen LogP contribution in [0.5, 0.6) is 5.88 Å². The quantitative estimate of drug-likeness (QED) is 0.752. The molecule has 2 aromatic rings. The first-order valence-corrected chi connectivity index (χ1v) is 5.34. The lowest BCUT2D eigenvalue weighted by Crippen LogP contribution is -2.09. The third-order valence-corrected chi connectivity index (χ3v) is 2.38. The van der Waals surface area contributed by atoms with E-state index in [0.29, 0.717) is 0 Å². The zero-order valence-electron chi connectivity index (χ0n) is 9.40. The number of benzene rings is 1. The van der Waals surface area contributed by atoms with E-state index in [1.54, 1.807) is 0 Å². The zero-order valence-corrected chi connectivity index (χ0v) is 9.40. The van der Waals surface area contributed by atoms with E-state index in [4.69, 9.17) is 0 Å². The molecule has 0 aliphatic carbocycles. The predicted octanol–water partition coefficient (Wildman–Crippen LogP) is 1.78. The first-order valence-electron chi connectivity index (χ1n) is 5.34. The van der Waals surface area contributed by atoms with Crippen molar-refractivity contribution >= 4 is 11.6 Å². The maximum absolute atomic E-state index is 11.2. The number of hydrogen-bond donors (Lipinski definition) is 3. The zero-order chi connectivity index (χ0) is 12.3. The molecule has 0 spiro atoms. The number of nitrogens with zero attached hydrogens (tertiary/aromatic N) is 1. The van der Waals surface area contributed by atoms with E-state index in [1.807, 2.05) is 31.2 Å². The van der Waals surface area contributed by atoms with Gasteiger partial charge in [0.25, 0.3) is 5.56 Å². The van der Waals surface area contributed by atoms with Gasteiger partial charge in [0.15, 0.2) is 0 Å². The molecule has 0 atom stereocenters. The molecule has 0 amide bonds. The molecule has 5 nitrogen and oxygen atoms in total. The molecule has 0 unspecified atom stereocenters. The highest BCUT2D eigenvalue weighted by Crippen LogP contribution is 2.18. The molecule has 5 heteroatoms. The number of rotatable bonds is 3. The fourth-order valence-corrected chi connectivity index (χ4v) is 1.58. The first-order chi connectivity index (χ1) is 8.19. The summed E-state index contributed by atoms with van der Waals surface area (Å²) in [6, 6.07) is 8.74. The molecule has 0 fully saturated rings. The van der Waals surface area contributed by atoms with Gasteiger partial charge >= 0.3 is 0 Å². The van der Waals surface area contributed by atoms with E-state index in [0.717, 1.165) is 23.7 Å². The van der Waals surface area contributed by atoms with Crippen LogP contribution in [-0.2, 0) is 6.42 Å². The average Bonchev–Trinajstić information content (AvgIpc) is 2.28. The van der Waals surface area contributed by atoms with Crippen LogP contribution in [0, 0.1) is 0 Å². The van der Waals surface area contributed by atoms with Crippen molar-refractivity contribution in [3.05, 3.63) is 46.2 Å². The van der Waals surface area contributed by atoms with Crippen molar-refractivity contribution in [1.29, 1.82) is 0 Å². The van der Waals surface area contributed by atoms with Gasteiger partial charge in [0.1, 0.15) is 0 Å². The van der Waals surface area contributed by atoms with Crippen LogP contribution in [-0.4, -0.2) is 15.1 Å². The molecule has 0 bridgehead atoms. The standard InChI is InChI=1S/C12H13N3O2/c1-2-8-5-3-4-6-9(8)13-12-14-10(16)7-11(17)15-12/h3-7H,2H2,1H3,(H3,13,14,15,16,17). The van der Waals surface area contributed by atoms with Crippen molar-refractivity contribution in [2.45, 2.75) is 13.3 Å². The van der Waals surface area contributed by atoms with Crippen molar-refractivity contribution in [2.24, 2.45) is 0 Å². The van der Waals surface area contributed by atoms with Gasteiger partial charge < -0.3 is 10.4 Å². The van der Waals surface area contributed by atoms with Crippen LogP contribution in [0.3, 0.4) is 0 Å². The Balaban J connectivity index is 2.34. The molecule has 0 saturated heterocycles. The lowest BCUT2D eigenvalue weighted by molar-refractivity contribution is 0.452. The molecular formula is C12H13N3O2. The monoisotopic (exact) mass is 231 g/mol. The molecule has 0 aliphatic rings. The number of hydrogen-bond acceptors (Lipinski definition) is 4. The second kappa shape index (κ2) is 4.69. The van der Waals surface area contributed by atoms with Crippen LogP contribution in [0.15, 0.2) is 35.1 Å². The molecule has 17 heavy (non-hydrogen) atoms. The van der Waals surface area contributed by atoms with Crippen LogP contribution in [0.1, 0.15) is 12.5 Å². The summed E-state index contributed by atoms with van der Waals surface area (Å²) in [5, 5.41) is 12.2. The smallest absolute Gasteiger partial charge is 0.256 e. The van der Waals surface area contributed by atoms with E-state index in [1.165, 1.54) is 0 Å². The summed E-state index contributed by atoms with van der Waals surface area (Å²) in [5.41, 5.74) is 1.58. The lowest BCUT2D eigenvalue weighted by Gasteiger charge is -2.09. The van der Waals surface area contributed by atoms with Crippen LogP contribution in [0.2, 0.25) is 0 Å². The molecular weight excluding hydrogens is 218 g/mol. The number of aromatic nitrogens is 2. The van der Waals surface area contributed by atoms with Crippen molar-refractivity contribution in [3.8, 4) is 5.88 Å². The highest BCUT2D eigenvalue weighted by molar-refractivity contribution is 5.58. The first kappa shape index (κ1) is 11.2. The van der Waals surface area contributed by atoms with Gasteiger partial charge in [-0.25, -0.2) is 0 Å². The van der Waals surface area contributed by atoms with Crippen molar-refractivity contribution < 1.29 is 5.11 Å². The molecule has 3 N–H and O–H groups in total. The fraction of sp³-hybridized carbons (Fsp3) is 0.167. The van der Waals surface area contributed by atoms with Gasteiger partial charge in [0.05, 0.1) is 6.07 Å². The van der Waals surface area contributed by atoms with Gasteiger partial charge in [-0.05, 0) is 18.1 Å². The molecule has 1 aromatic carbocycles. The van der Waals surface area contributed by atoms with E-state index in [-0.39, 0.29) is 11.8 Å². The highest BCUT2D eigenvalue weighted by Gasteiger charge is 2.03. The minimum absolute atomic E-state index is 0.232. The number of para-hydroxylation sites is 1. The van der Waals surface area contributed by atoms with Gasteiger partial charge in [0.2, 0.25) is 11.8 Å². The number of H-pyrrole nitrogens is 1. The molecule has 1 heterocycles. The lowest BCUT2D eigenvalue weighted by atomic mass is 10.1. The molecule has 2 rings (SSSR count). The minimum Gasteiger partial charge on any atom is -0.493 e. The summed E-state index contributed by atoms with van der Waals surface area (Å²) in [7, 11) is 0. The number of anilines is 2. The van der Waals surface area contributed by atoms with E-state index in [2.05, 4.69) is 15.3 Å². The molecule has 88 valence electrons. The number of aromatic amines is 1. The Bertz CT molecular complexity index is 578. The number of nitrogens with one attached hydrogen (secondary N) is 2. The van der Waals surface area contributed by atoms with Crippen LogP contribution < -0.4 is 10.9 Å². The van der Waals surface area contributed by atoms with Gasteiger partial charge in [-0.1, -0.05) is 25.1 Å². The van der Waals surface area contributed by atoms with Crippen LogP contribution in [0.4, 0.5) is 11.6 Å². The molecule has 0 aliphatic heterocycles. The number of aryl methyl sites for hydroxylation is 1. The largest absolute Gasteiger partial charge is 0.493 e. The van der Waals surface area contributed by atoms with Crippen LogP contribution >= 0.6 is 0 Å². The Kier molecular flexibility index (Phi) is 3.09. The Morgan fingerprint density at radius 2 is 2.18 bits per heavy atom. The Morgan fingerprint density at radius 1 is 1.41 bits per heavy atom. The second-order valence-corrected chi connectivity index (χ2v) is 3.59. The summed E-state index contributed by atoms with van der Waals surface area (Å²) in [6.45, 7) is 2.04. The van der Waals surface area contributed by atoms with Gasteiger partial charge in [-0.3, -0.25) is 9.78 Å². The van der Waals surface area contributed by atoms with Gasteiger partial charge in [-0.2, -0.15) is 4.98 Å². The van der Waals surface area contributed by atoms with E-state index >= 15 is 0 Å².